The number of H-pyrrole nitrogens is 1. The topological polar surface area (TPSA) is 82.7 Å². The second kappa shape index (κ2) is 15.7. The Labute approximate surface area is 319 Å². The van der Waals surface area contributed by atoms with Crippen LogP contribution in [0.5, 0.6) is 11.6 Å². The fourth-order valence-electron chi connectivity index (χ4n) is 6.70. The zero-order valence-electron chi connectivity index (χ0n) is 32.3. The molecule has 0 saturated heterocycles. The molecular formula is C46H50N2O5Si. The number of fused-ring (bicyclic) bond motifs is 4. The van der Waals surface area contributed by atoms with Gasteiger partial charge in [-0.05, 0) is 84.3 Å². The van der Waals surface area contributed by atoms with E-state index >= 15 is 0 Å². The number of esters is 1. The molecule has 2 heterocycles. The van der Waals surface area contributed by atoms with Gasteiger partial charge in [0.25, 0.3) is 0 Å². The average molecular weight is 739 g/mol. The standard InChI is InChI=1S/C46H50N2O5Si/c1-31-37-25-35-23-16-24-36-42(38(35)26-39(37)47-40(31)30-53-54(5,6)46(2,3)4)48-44(51-28-33-19-12-8-13-20-33)41(43(36)50-27-32-17-10-7-11-18-32)45(49)52-29-34-21-14-9-15-22-34/h7-15,17-22,25-26,47H,16,23-24,27-30H2,1-6H3. The first-order valence-corrected chi connectivity index (χ1v) is 21.8. The molecule has 0 atom stereocenters. The van der Waals surface area contributed by atoms with Crippen molar-refractivity contribution in [3.05, 3.63) is 148 Å². The second-order valence-corrected chi connectivity index (χ2v) is 20.6. The van der Waals surface area contributed by atoms with E-state index < -0.39 is 14.3 Å². The lowest BCUT2D eigenvalue weighted by Crippen LogP contribution is -2.40. The predicted molar refractivity (Wildman–Crippen MR) is 217 cm³/mol. The van der Waals surface area contributed by atoms with Gasteiger partial charge in [-0.1, -0.05) is 112 Å². The molecule has 0 saturated carbocycles. The summed E-state index contributed by atoms with van der Waals surface area (Å²) >= 11 is 0. The molecule has 0 fully saturated rings. The molecule has 7 nitrogen and oxygen atoms in total. The molecule has 7 rings (SSSR count). The molecule has 0 bridgehead atoms. The molecule has 0 radical (unpaired) electrons. The quantitative estimate of drug-likeness (QED) is 0.0994. The number of hydrogen-bond donors (Lipinski definition) is 1. The number of carbonyl (C=O) groups excluding carboxylic acids is 1. The first-order chi connectivity index (χ1) is 26.0. The van der Waals surface area contributed by atoms with Gasteiger partial charge in [0.1, 0.15) is 25.6 Å². The maximum absolute atomic E-state index is 14.3. The van der Waals surface area contributed by atoms with Gasteiger partial charge in [-0.25, -0.2) is 9.78 Å². The Kier molecular flexibility index (Phi) is 10.8. The van der Waals surface area contributed by atoms with E-state index in [1.807, 2.05) is 91.0 Å². The van der Waals surface area contributed by atoms with Gasteiger partial charge in [-0.3, -0.25) is 0 Å². The minimum atomic E-state index is -1.95. The van der Waals surface area contributed by atoms with E-state index in [0.717, 1.165) is 57.6 Å². The molecule has 0 aliphatic heterocycles. The van der Waals surface area contributed by atoms with Crippen LogP contribution in [0.2, 0.25) is 18.1 Å². The van der Waals surface area contributed by atoms with Gasteiger partial charge in [0.15, 0.2) is 13.9 Å². The molecule has 4 aromatic carbocycles. The van der Waals surface area contributed by atoms with Crippen LogP contribution in [0.15, 0.2) is 103 Å². The lowest BCUT2D eigenvalue weighted by Gasteiger charge is -2.36. The van der Waals surface area contributed by atoms with Crippen molar-refractivity contribution in [2.24, 2.45) is 0 Å². The van der Waals surface area contributed by atoms with Crippen LogP contribution in [-0.4, -0.2) is 24.3 Å². The van der Waals surface area contributed by atoms with E-state index in [0.29, 0.717) is 18.8 Å². The summed E-state index contributed by atoms with van der Waals surface area (Å²) in [6, 6.07) is 34.1. The third kappa shape index (κ3) is 8.00. The van der Waals surface area contributed by atoms with Crippen molar-refractivity contribution < 1.29 is 23.4 Å². The van der Waals surface area contributed by atoms with Crippen molar-refractivity contribution >= 4 is 25.2 Å². The minimum Gasteiger partial charge on any atom is -0.487 e. The van der Waals surface area contributed by atoms with Crippen LogP contribution in [0.3, 0.4) is 0 Å². The Balaban J connectivity index is 1.35. The van der Waals surface area contributed by atoms with E-state index in [9.17, 15) is 4.79 Å². The van der Waals surface area contributed by atoms with Gasteiger partial charge >= 0.3 is 5.97 Å². The fourth-order valence-corrected chi connectivity index (χ4v) is 7.64. The smallest absolute Gasteiger partial charge is 0.347 e. The van der Waals surface area contributed by atoms with Crippen LogP contribution < -0.4 is 9.47 Å². The molecule has 0 unspecified atom stereocenters. The normalized spacial score (nSPS) is 12.9. The maximum Gasteiger partial charge on any atom is 0.347 e. The molecule has 8 heteroatoms. The van der Waals surface area contributed by atoms with Gasteiger partial charge in [-0.2, -0.15) is 0 Å². The van der Waals surface area contributed by atoms with Crippen molar-refractivity contribution in [3.63, 3.8) is 0 Å². The third-order valence-corrected chi connectivity index (χ3v) is 15.5. The summed E-state index contributed by atoms with van der Waals surface area (Å²) in [4.78, 5) is 23.2. The molecule has 6 aromatic rings. The number of aromatic nitrogens is 2. The van der Waals surface area contributed by atoms with Crippen molar-refractivity contribution in [2.75, 3.05) is 0 Å². The van der Waals surface area contributed by atoms with Crippen LogP contribution in [0, 0.1) is 6.92 Å². The summed E-state index contributed by atoms with van der Waals surface area (Å²) in [6.07, 6.45) is 2.40. The number of rotatable bonds is 12. The number of ether oxygens (including phenoxy) is 3. The van der Waals surface area contributed by atoms with Crippen LogP contribution in [0.1, 0.15) is 76.6 Å². The van der Waals surface area contributed by atoms with E-state index in [1.165, 1.54) is 16.5 Å². The lowest BCUT2D eigenvalue weighted by molar-refractivity contribution is 0.0460. The molecule has 54 heavy (non-hydrogen) atoms. The van der Waals surface area contributed by atoms with E-state index in [-0.39, 0.29) is 36.3 Å². The highest BCUT2D eigenvalue weighted by molar-refractivity contribution is 6.74. The van der Waals surface area contributed by atoms with Gasteiger partial charge in [-0.15, -0.1) is 0 Å². The highest BCUT2D eigenvalue weighted by Crippen LogP contribution is 2.44. The number of carbonyl (C=O) groups is 1. The number of nitrogens with one attached hydrogen (secondary N) is 1. The summed E-state index contributed by atoms with van der Waals surface area (Å²) < 4.78 is 25.9. The summed E-state index contributed by atoms with van der Waals surface area (Å²) in [5, 5.41) is 1.31. The second-order valence-electron chi connectivity index (χ2n) is 15.7. The zero-order valence-corrected chi connectivity index (χ0v) is 33.3. The first-order valence-electron chi connectivity index (χ1n) is 18.9. The molecule has 2 aromatic heterocycles. The maximum atomic E-state index is 14.3. The molecule has 1 N–H and O–H groups in total. The van der Waals surface area contributed by atoms with E-state index in [1.54, 1.807) is 0 Å². The van der Waals surface area contributed by atoms with Crippen molar-refractivity contribution in [1.29, 1.82) is 0 Å². The first kappa shape index (κ1) is 37.1. The fraction of sp³-hybridized carbons (Fsp3) is 0.304. The van der Waals surface area contributed by atoms with Gasteiger partial charge in [0.2, 0.25) is 5.88 Å². The highest BCUT2D eigenvalue weighted by atomic mass is 28.4. The van der Waals surface area contributed by atoms with Crippen LogP contribution in [-0.2, 0) is 48.4 Å². The van der Waals surface area contributed by atoms with Crippen LogP contribution >= 0.6 is 0 Å². The summed E-state index contributed by atoms with van der Waals surface area (Å²) in [7, 11) is -1.95. The van der Waals surface area contributed by atoms with Gasteiger partial charge in [0.05, 0.1) is 12.3 Å². The van der Waals surface area contributed by atoms with Crippen LogP contribution in [0.25, 0.3) is 22.2 Å². The average Bonchev–Trinajstić information content (AvgIpc) is 3.36. The van der Waals surface area contributed by atoms with E-state index in [2.05, 4.69) is 57.9 Å². The molecule has 1 aliphatic rings. The summed E-state index contributed by atoms with van der Waals surface area (Å²) in [5.74, 6) is 0.119. The number of hydrogen-bond acceptors (Lipinski definition) is 6. The molecule has 1 aliphatic carbocycles. The Bertz CT molecular complexity index is 2240. The number of aromatic amines is 1. The molecule has 278 valence electrons. The van der Waals surface area contributed by atoms with Gasteiger partial charge in [0, 0.05) is 27.7 Å². The predicted octanol–water partition coefficient (Wildman–Crippen LogP) is 11.1. The Hall–Kier alpha value is -5.18. The SMILES string of the molecule is Cc1c(CO[Si](C)(C)C(C)(C)C)[nH]c2cc3c(cc12)CCCc1c-3nc(OCc2ccccc2)c(C(=O)OCc2ccccc2)c1OCc1ccccc1. The monoisotopic (exact) mass is 738 g/mol. The summed E-state index contributed by atoms with van der Waals surface area (Å²) in [6.45, 7) is 14.7. The molecule has 0 amide bonds. The Morgan fingerprint density at radius 3 is 1.98 bits per heavy atom. The van der Waals surface area contributed by atoms with E-state index in [4.69, 9.17) is 23.6 Å². The minimum absolute atomic E-state index is 0.113. The van der Waals surface area contributed by atoms with Crippen molar-refractivity contribution in [2.45, 2.75) is 91.5 Å². The third-order valence-electron chi connectivity index (χ3n) is 11.0. The van der Waals surface area contributed by atoms with Gasteiger partial charge < -0.3 is 23.6 Å². The number of pyridine rings is 1. The number of benzene rings is 4. The lowest BCUT2D eigenvalue weighted by atomic mass is 9.97. The van der Waals surface area contributed by atoms with Crippen LogP contribution in [0.4, 0.5) is 0 Å². The Morgan fingerprint density at radius 1 is 0.778 bits per heavy atom. The zero-order chi connectivity index (χ0) is 37.9. The molecular weight excluding hydrogens is 689 g/mol. The summed E-state index contributed by atoms with van der Waals surface area (Å²) in [5.41, 5.74) is 10.2. The highest BCUT2D eigenvalue weighted by Gasteiger charge is 2.37. The van der Waals surface area contributed by atoms with Crippen molar-refractivity contribution in [1.82, 2.24) is 9.97 Å². The number of nitrogens with zero attached hydrogens (tertiary/aromatic N) is 1. The Morgan fingerprint density at radius 2 is 1.37 bits per heavy atom. The number of aryl methyl sites for hydroxylation is 2. The molecule has 0 spiro atoms. The van der Waals surface area contributed by atoms with Crippen molar-refractivity contribution in [3.8, 4) is 22.9 Å². The largest absolute Gasteiger partial charge is 0.487 e.